The fourth-order valence-electron chi connectivity index (χ4n) is 2.88. The molecule has 0 spiro atoms. The molecule has 0 saturated heterocycles. The Labute approximate surface area is 179 Å². The molecule has 8 nitrogen and oxygen atoms in total. The summed E-state index contributed by atoms with van der Waals surface area (Å²) < 4.78 is 11.2. The van der Waals surface area contributed by atoms with E-state index >= 15 is 0 Å². The molecule has 3 rings (SSSR count). The van der Waals surface area contributed by atoms with Gasteiger partial charge in [0.25, 0.3) is 5.69 Å². The number of aryl methyl sites for hydroxylation is 2. The van der Waals surface area contributed by atoms with Gasteiger partial charge in [-0.3, -0.25) is 14.9 Å². The third-order valence-electron chi connectivity index (χ3n) is 4.20. The molecule has 1 amide bonds. The van der Waals surface area contributed by atoms with E-state index in [0.717, 1.165) is 16.9 Å². The molecule has 0 aliphatic rings. The largest absolute Gasteiger partial charge is 0.486 e. The summed E-state index contributed by atoms with van der Waals surface area (Å²) in [6.45, 7) is 4.18. The molecule has 1 aromatic heterocycles. The van der Waals surface area contributed by atoms with Crippen molar-refractivity contribution in [1.82, 2.24) is 5.43 Å². The second kappa shape index (κ2) is 10.0. The number of carbonyl (C=O) groups is 1. The molecular weight excluding hydrogens is 398 g/mol. The Bertz CT molecular complexity index is 1130. The van der Waals surface area contributed by atoms with Gasteiger partial charge in [-0.05, 0) is 67.5 Å². The van der Waals surface area contributed by atoms with Gasteiger partial charge < -0.3 is 9.15 Å². The molecule has 158 valence electrons. The first-order chi connectivity index (χ1) is 14.9. The van der Waals surface area contributed by atoms with Crippen LogP contribution in [0.15, 0.2) is 70.2 Å². The van der Waals surface area contributed by atoms with Gasteiger partial charge in [-0.15, -0.1) is 0 Å². The van der Waals surface area contributed by atoms with Crippen LogP contribution < -0.4 is 10.2 Å². The summed E-state index contributed by atoms with van der Waals surface area (Å²) in [5, 5.41) is 14.8. The van der Waals surface area contributed by atoms with E-state index < -0.39 is 10.8 Å². The molecule has 0 atom stereocenters. The van der Waals surface area contributed by atoms with Crippen molar-refractivity contribution in [2.75, 3.05) is 0 Å². The Morgan fingerprint density at radius 3 is 2.65 bits per heavy atom. The number of nitrogens with zero attached hydrogens (tertiary/aromatic N) is 2. The molecule has 0 radical (unpaired) electrons. The Hall–Kier alpha value is -4.20. The highest BCUT2D eigenvalue weighted by molar-refractivity contribution is 5.92. The van der Waals surface area contributed by atoms with Gasteiger partial charge in [0.1, 0.15) is 18.1 Å². The number of para-hydroxylation sites is 1. The predicted octanol–water partition coefficient (Wildman–Crippen LogP) is 4.81. The van der Waals surface area contributed by atoms with Crippen LogP contribution in [0.2, 0.25) is 0 Å². The highest BCUT2D eigenvalue weighted by Gasteiger charge is 2.11. The summed E-state index contributed by atoms with van der Waals surface area (Å²) in [7, 11) is 0. The molecule has 0 aliphatic heterocycles. The lowest BCUT2D eigenvalue weighted by molar-refractivity contribution is -0.385. The third kappa shape index (κ3) is 6.14. The van der Waals surface area contributed by atoms with Crippen LogP contribution in [0.1, 0.15) is 33.0 Å². The number of hydrazone groups is 1. The SMILES string of the molecule is Cc1cc(C)cc(OCc2ccc(C(=O)NN=CC=Cc3ccccc3[N+](=O)[O-])o2)c1. The minimum atomic E-state index is -0.520. The third-order valence-corrected chi connectivity index (χ3v) is 4.20. The number of rotatable bonds is 8. The molecule has 0 fully saturated rings. The van der Waals surface area contributed by atoms with Crippen LogP contribution in [0.25, 0.3) is 6.08 Å². The van der Waals surface area contributed by atoms with Crippen LogP contribution in [0.3, 0.4) is 0 Å². The van der Waals surface area contributed by atoms with E-state index in [1.165, 1.54) is 30.5 Å². The van der Waals surface area contributed by atoms with E-state index in [9.17, 15) is 14.9 Å². The Kier molecular flexibility index (Phi) is 6.95. The van der Waals surface area contributed by atoms with Gasteiger partial charge in [-0.2, -0.15) is 5.10 Å². The van der Waals surface area contributed by atoms with Crippen molar-refractivity contribution < 1.29 is 18.9 Å². The maximum Gasteiger partial charge on any atom is 0.307 e. The van der Waals surface area contributed by atoms with E-state index in [1.807, 2.05) is 26.0 Å². The monoisotopic (exact) mass is 419 g/mol. The molecule has 1 N–H and O–H groups in total. The Balaban J connectivity index is 1.52. The van der Waals surface area contributed by atoms with Crippen LogP contribution in [0.5, 0.6) is 5.75 Å². The molecule has 31 heavy (non-hydrogen) atoms. The maximum absolute atomic E-state index is 12.1. The number of allylic oxidation sites excluding steroid dienone is 1. The van der Waals surface area contributed by atoms with Crippen LogP contribution >= 0.6 is 0 Å². The number of hydrogen-bond donors (Lipinski definition) is 1. The van der Waals surface area contributed by atoms with Crippen molar-refractivity contribution in [2.24, 2.45) is 5.10 Å². The maximum atomic E-state index is 12.1. The molecule has 8 heteroatoms. The lowest BCUT2D eigenvalue weighted by Crippen LogP contribution is -2.16. The van der Waals surface area contributed by atoms with E-state index in [0.29, 0.717) is 11.3 Å². The Morgan fingerprint density at radius 1 is 1.16 bits per heavy atom. The highest BCUT2D eigenvalue weighted by atomic mass is 16.6. The standard InChI is InChI=1S/C23H21N3O5/c1-16-12-17(2)14-20(13-16)30-15-19-9-10-22(31-19)23(27)25-24-11-5-7-18-6-3-4-8-21(18)26(28)29/h3-14H,15H2,1-2H3,(H,25,27). The number of hydrogen-bond acceptors (Lipinski definition) is 6. The number of nitrogens with one attached hydrogen (secondary N) is 1. The molecule has 1 heterocycles. The number of ether oxygens (including phenoxy) is 1. The van der Waals surface area contributed by atoms with Crippen molar-refractivity contribution in [1.29, 1.82) is 0 Å². The minimum absolute atomic E-state index is 0.0117. The van der Waals surface area contributed by atoms with Gasteiger partial charge in [0.05, 0.1) is 10.5 Å². The van der Waals surface area contributed by atoms with Crippen molar-refractivity contribution in [3.63, 3.8) is 0 Å². The predicted molar refractivity (Wildman–Crippen MR) is 117 cm³/mol. The van der Waals surface area contributed by atoms with Gasteiger partial charge in [0.2, 0.25) is 0 Å². The zero-order chi connectivity index (χ0) is 22.2. The summed E-state index contributed by atoms with van der Waals surface area (Å²) in [4.78, 5) is 22.6. The number of nitro benzene ring substituents is 1. The van der Waals surface area contributed by atoms with Gasteiger partial charge in [-0.1, -0.05) is 18.2 Å². The minimum Gasteiger partial charge on any atom is -0.486 e. The lowest BCUT2D eigenvalue weighted by Gasteiger charge is -2.06. The zero-order valence-corrected chi connectivity index (χ0v) is 17.1. The van der Waals surface area contributed by atoms with Crippen molar-refractivity contribution >= 4 is 23.9 Å². The number of furan rings is 1. The lowest BCUT2D eigenvalue weighted by atomic mass is 10.1. The highest BCUT2D eigenvalue weighted by Crippen LogP contribution is 2.19. The molecule has 0 saturated carbocycles. The topological polar surface area (TPSA) is 107 Å². The van der Waals surface area contributed by atoms with E-state index in [2.05, 4.69) is 16.6 Å². The molecule has 0 aliphatic carbocycles. The van der Waals surface area contributed by atoms with Gasteiger partial charge in [-0.25, -0.2) is 5.43 Å². The summed E-state index contributed by atoms with van der Waals surface area (Å²) in [5.41, 5.74) is 4.96. The normalized spacial score (nSPS) is 11.2. The quantitative estimate of drug-likeness (QED) is 0.320. The van der Waals surface area contributed by atoms with Crippen molar-refractivity contribution in [2.45, 2.75) is 20.5 Å². The van der Waals surface area contributed by atoms with Crippen LogP contribution in [0.4, 0.5) is 5.69 Å². The first-order valence-electron chi connectivity index (χ1n) is 9.45. The summed E-state index contributed by atoms with van der Waals surface area (Å²) >= 11 is 0. The first-order valence-corrected chi connectivity index (χ1v) is 9.45. The zero-order valence-electron chi connectivity index (χ0n) is 17.1. The van der Waals surface area contributed by atoms with Crippen molar-refractivity contribution in [3.05, 3.63) is 99.0 Å². The van der Waals surface area contributed by atoms with Gasteiger partial charge >= 0.3 is 5.91 Å². The van der Waals surface area contributed by atoms with Crippen LogP contribution in [-0.2, 0) is 6.61 Å². The fraction of sp³-hybridized carbons (Fsp3) is 0.130. The molecule has 0 unspecified atom stereocenters. The van der Waals surface area contributed by atoms with E-state index in [1.54, 1.807) is 24.3 Å². The molecule has 3 aromatic rings. The van der Waals surface area contributed by atoms with Crippen molar-refractivity contribution in [3.8, 4) is 5.75 Å². The number of amides is 1. The Morgan fingerprint density at radius 2 is 1.90 bits per heavy atom. The molecular formula is C23H21N3O5. The fourth-order valence-corrected chi connectivity index (χ4v) is 2.88. The average molecular weight is 419 g/mol. The van der Waals surface area contributed by atoms with Crippen LogP contribution in [-0.4, -0.2) is 17.0 Å². The smallest absolute Gasteiger partial charge is 0.307 e. The van der Waals surface area contributed by atoms with Crippen LogP contribution in [0, 0.1) is 24.0 Å². The molecule has 2 aromatic carbocycles. The van der Waals surface area contributed by atoms with Gasteiger partial charge in [0.15, 0.2) is 5.76 Å². The number of carbonyl (C=O) groups excluding carboxylic acids is 1. The average Bonchev–Trinajstić information content (AvgIpc) is 3.20. The molecule has 0 bridgehead atoms. The summed E-state index contributed by atoms with van der Waals surface area (Å²) in [6.07, 6.45) is 4.35. The van der Waals surface area contributed by atoms with Gasteiger partial charge in [0, 0.05) is 12.3 Å². The van der Waals surface area contributed by atoms with E-state index in [-0.39, 0.29) is 18.1 Å². The summed E-state index contributed by atoms with van der Waals surface area (Å²) in [6, 6.07) is 15.4. The second-order valence-corrected chi connectivity index (χ2v) is 6.77. The second-order valence-electron chi connectivity index (χ2n) is 6.77. The number of nitro groups is 1. The number of benzene rings is 2. The van der Waals surface area contributed by atoms with E-state index in [4.69, 9.17) is 9.15 Å². The first kappa shape index (κ1) is 21.5. The summed E-state index contributed by atoms with van der Waals surface area (Å²) in [5.74, 6) is 0.811.